The molecule has 2 fully saturated rings. The standard InChI is InChI=1S/C25H29FN6O/c1-14(2)21-23(17-8-15(3)25-27-13-28-32(25)10-17)29-20-9-19(26)22(30-24(20)21)16-4-6-31(7-5-16)18-11-33-12-18/h8-10,13-14,16,18,29H,4-7,11-12H2,1-3H3. The van der Waals surface area contributed by atoms with E-state index in [0.717, 1.165) is 78.2 Å². The summed E-state index contributed by atoms with van der Waals surface area (Å²) in [6, 6.07) is 4.29. The number of nitrogens with one attached hydrogen (secondary N) is 1. The Kier molecular flexibility index (Phi) is 4.96. The predicted octanol–water partition coefficient (Wildman–Crippen LogP) is 4.42. The minimum Gasteiger partial charge on any atom is -0.378 e. The molecule has 0 unspecified atom stereocenters. The van der Waals surface area contributed by atoms with Gasteiger partial charge in [0.05, 0.1) is 41.7 Å². The molecule has 0 aliphatic carbocycles. The Labute approximate surface area is 192 Å². The minimum absolute atomic E-state index is 0.152. The van der Waals surface area contributed by atoms with Crippen LogP contribution in [0.1, 0.15) is 55.3 Å². The first-order chi connectivity index (χ1) is 16.0. The molecule has 172 valence electrons. The molecule has 2 aliphatic heterocycles. The molecule has 0 spiro atoms. The van der Waals surface area contributed by atoms with E-state index in [0.29, 0.717) is 11.7 Å². The van der Waals surface area contributed by atoms with Crippen molar-refractivity contribution in [3.8, 4) is 11.3 Å². The summed E-state index contributed by atoms with van der Waals surface area (Å²) < 4.78 is 22.4. The Balaban J connectivity index is 1.40. The van der Waals surface area contributed by atoms with Crippen molar-refractivity contribution < 1.29 is 9.13 Å². The summed E-state index contributed by atoms with van der Waals surface area (Å²) in [5, 5.41) is 4.32. The summed E-state index contributed by atoms with van der Waals surface area (Å²) in [6.45, 7) is 9.96. The van der Waals surface area contributed by atoms with Gasteiger partial charge in [-0.3, -0.25) is 4.90 Å². The molecule has 0 aromatic carbocycles. The van der Waals surface area contributed by atoms with Gasteiger partial charge in [0.2, 0.25) is 0 Å². The number of aromatic nitrogens is 5. The number of rotatable bonds is 4. The number of likely N-dealkylation sites (tertiary alicyclic amines) is 1. The van der Waals surface area contributed by atoms with Crippen molar-refractivity contribution in [2.75, 3.05) is 26.3 Å². The topological polar surface area (TPSA) is 71.3 Å². The number of hydrogen-bond donors (Lipinski definition) is 1. The van der Waals surface area contributed by atoms with Gasteiger partial charge < -0.3 is 9.72 Å². The average Bonchev–Trinajstić information content (AvgIpc) is 3.37. The Morgan fingerprint density at radius 1 is 1.18 bits per heavy atom. The zero-order valence-corrected chi connectivity index (χ0v) is 19.3. The van der Waals surface area contributed by atoms with Gasteiger partial charge >= 0.3 is 0 Å². The van der Waals surface area contributed by atoms with E-state index in [4.69, 9.17) is 9.72 Å². The molecule has 2 aliphatic rings. The number of aryl methyl sites for hydroxylation is 1. The Morgan fingerprint density at radius 2 is 1.97 bits per heavy atom. The molecule has 2 saturated heterocycles. The van der Waals surface area contributed by atoms with Gasteiger partial charge in [0.15, 0.2) is 5.65 Å². The smallest absolute Gasteiger partial charge is 0.158 e. The van der Waals surface area contributed by atoms with Gasteiger partial charge in [0.25, 0.3) is 0 Å². The Hall–Kier alpha value is -2.84. The van der Waals surface area contributed by atoms with Gasteiger partial charge in [0, 0.05) is 29.3 Å². The van der Waals surface area contributed by atoms with Crippen LogP contribution in [-0.2, 0) is 4.74 Å². The fraction of sp³-hybridized carbons (Fsp3) is 0.480. The van der Waals surface area contributed by atoms with E-state index < -0.39 is 0 Å². The number of aromatic amines is 1. The van der Waals surface area contributed by atoms with E-state index in [9.17, 15) is 0 Å². The maximum atomic E-state index is 15.3. The van der Waals surface area contributed by atoms with Crippen LogP contribution in [-0.4, -0.2) is 61.8 Å². The van der Waals surface area contributed by atoms with Crippen molar-refractivity contribution in [1.82, 2.24) is 29.5 Å². The molecule has 6 rings (SSSR count). The number of pyridine rings is 2. The molecule has 0 amide bonds. The number of ether oxygens (including phenoxy) is 1. The minimum atomic E-state index is -0.209. The average molecular weight is 449 g/mol. The summed E-state index contributed by atoms with van der Waals surface area (Å²) in [5.74, 6) is 0.171. The van der Waals surface area contributed by atoms with Crippen LogP contribution in [0, 0.1) is 12.7 Å². The number of fused-ring (bicyclic) bond motifs is 2. The van der Waals surface area contributed by atoms with E-state index in [1.807, 2.05) is 13.1 Å². The van der Waals surface area contributed by atoms with Crippen LogP contribution in [0.3, 0.4) is 0 Å². The van der Waals surface area contributed by atoms with Gasteiger partial charge in [-0.05, 0) is 50.4 Å². The zero-order chi connectivity index (χ0) is 22.7. The second-order valence-corrected chi connectivity index (χ2v) is 9.76. The van der Waals surface area contributed by atoms with Gasteiger partial charge in [-0.15, -0.1) is 0 Å². The summed E-state index contributed by atoms with van der Waals surface area (Å²) in [4.78, 5) is 15.2. The van der Waals surface area contributed by atoms with Crippen LogP contribution in [0.25, 0.3) is 27.9 Å². The highest BCUT2D eigenvalue weighted by molar-refractivity contribution is 5.89. The Bertz CT molecular complexity index is 1330. The number of halogens is 1. The van der Waals surface area contributed by atoms with E-state index in [-0.39, 0.29) is 17.7 Å². The third-order valence-corrected chi connectivity index (χ3v) is 7.27. The molecule has 8 heteroatoms. The van der Waals surface area contributed by atoms with E-state index in [2.05, 4.69) is 39.9 Å². The summed E-state index contributed by atoms with van der Waals surface area (Å²) in [6.07, 6.45) is 5.40. The van der Waals surface area contributed by atoms with Crippen molar-refractivity contribution in [1.29, 1.82) is 0 Å². The molecule has 4 aromatic heterocycles. The first kappa shape index (κ1) is 20.7. The summed E-state index contributed by atoms with van der Waals surface area (Å²) in [5.41, 5.74) is 7.22. The highest BCUT2D eigenvalue weighted by Gasteiger charge is 2.32. The van der Waals surface area contributed by atoms with E-state index in [1.54, 1.807) is 16.9 Å². The maximum Gasteiger partial charge on any atom is 0.158 e. The molecular weight excluding hydrogens is 419 g/mol. The van der Waals surface area contributed by atoms with Crippen molar-refractivity contribution in [2.24, 2.45) is 0 Å². The van der Waals surface area contributed by atoms with Crippen LogP contribution in [0.5, 0.6) is 0 Å². The molecule has 7 nitrogen and oxygen atoms in total. The Morgan fingerprint density at radius 3 is 2.67 bits per heavy atom. The molecular formula is C25H29FN6O. The highest BCUT2D eigenvalue weighted by Crippen LogP contribution is 2.38. The lowest BCUT2D eigenvalue weighted by atomic mass is 9.91. The largest absolute Gasteiger partial charge is 0.378 e. The SMILES string of the molecule is Cc1cc(-c2[nH]c3cc(F)c(C4CCN(C5COC5)CC4)nc3c2C(C)C)cn2ncnc12. The quantitative estimate of drug-likeness (QED) is 0.500. The van der Waals surface area contributed by atoms with Crippen LogP contribution in [0.4, 0.5) is 4.39 Å². The lowest BCUT2D eigenvalue weighted by Crippen LogP contribution is -2.51. The van der Waals surface area contributed by atoms with Crippen molar-refractivity contribution in [3.05, 3.63) is 47.3 Å². The first-order valence-corrected chi connectivity index (χ1v) is 11.8. The predicted molar refractivity (Wildman–Crippen MR) is 125 cm³/mol. The fourth-order valence-electron chi connectivity index (χ4n) is 5.40. The van der Waals surface area contributed by atoms with E-state index in [1.165, 1.54) is 0 Å². The molecule has 0 bridgehead atoms. The van der Waals surface area contributed by atoms with Gasteiger partial charge in [-0.25, -0.2) is 18.9 Å². The van der Waals surface area contributed by atoms with Crippen molar-refractivity contribution >= 4 is 16.7 Å². The number of hydrogen-bond acceptors (Lipinski definition) is 5. The monoisotopic (exact) mass is 448 g/mol. The van der Waals surface area contributed by atoms with Gasteiger partial charge in [0.1, 0.15) is 12.1 Å². The van der Waals surface area contributed by atoms with Crippen LogP contribution < -0.4 is 0 Å². The van der Waals surface area contributed by atoms with Crippen molar-refractivity contribution in [2.45, 2.75) is 51.5 Å². The lowest BCUT2D eigenvalue weighted by molar-refractivity contribution is -0.0714. The third-order valence-electron chi connectivity index (χ3n) is 7.27. The normalized spacial score (nSPS) is 18.6. The summed E-state index contributed by atoms with van der Waals surface area (Å²) in [7, 11) is 0. The third kappa shape index (κ3) is 3.43. The number of H-pyrrole nitrogens is 1. The van der Waals surface area contributed by atoms with Crippen LogP contribution >= 0.6 is 0 Å². The highest BCUT2D eigenvalue weighted by atomic mass is 19.1. The first-order valence-electron chi connectivity index (χ1n) is 11.8. The number of piperidine rings is 1. The van der Waals surface area contributed by atoms with Crippen molar-refractivity contribution in [3.63, 3.8) is 0 Å². The fourth-order valence-corrected chi connectivity index (χ4v) is 5.40. The molecule has 0 saturated carbocycles. The van der Waals surface area contributed by atoms with Crippen LogP contribution in [0.15, 0.2) is 24.7 Å². The second-order valence-electron chi connectivity index (χ2n) is 9.76. The second kappa shape index (κ2) is 7.88. The molecule has 0 atom stereocenters. The molecule has 33 heavy (non-hydrogen) atoms. The number of nitrogens with zero attached hydrogens (tertiary/aromatic N) is 5. The molecule has 1 N–H and O–H groups in total. The summed E-state index contributed by atoms with van der Waals surface area (Å²) >= 11 is 0. The van der Waals surface area contributed by atoms with Gasteiger partial charge in [-0.1, -0.05) is 13.8 Å². The van der Waals surface area contributed by atoms with Crippen LogP contribution in [0.2, 0.25) is 0 Å². The van der Waals surface area contributed by atoms with Gasteiger partial charge in [-0.2, -0.15) is 5.10 Å². The molecule has 4 aromatic rings. The lowest BCUT2D eigenvalue weighted by Gasteiger charge is -2.41. The zero-order valence-electron chi connectivity index (χ0n) is 19.3. The molecule has 0 radical (unpaired) electrons. The van der Waals surface area contributed by atoms with E-state index >= 15 is 4.39 Å². The maximum absolute atomic E-state index is 15.3. The molecule has 6 heterocycles.